The van der Waals surface area contributed by atoms with Crippen LogP contribution in [0.3, 0.4) is 0 Å². The maximum absolute atomic E-state index is 12.1. The van der Waals surface area contributed by atoms with E-state index in [1.54, 1.807) is 6.92 Å². The van der Waals surface area contributed by atoms with Crippen LogP contribution in [0.4, 0.5) is 17.1 Å². The zero-order valence-electron chi connectivity index (χ0n) is 17.8. The number of benzene rings is 2. The van der Waals surface area contributed by atoms with Crippen LogP contribution in [0.25, 0.3) is 0 Å². The number of hydrogen-bond acceptors (Lipinski definition) is 6. The van der Waals surface area contributed by atoms with Crippen molar-refractivity contribution in [3.05, 3.63) is 63.7 Å². The Labute approximate surface area is 181 Å². The third-order valence-electron chi connectivity index (χ3n) is 5.39. The van der Waals surface area contributed by atoms with Gasteiger partial charge in [-0.25, -0.2) is 0 Å². The minimum Gasteiger partial charge on any atom is -0.369 e. The van der Waals surface area contributed by atoms with Crippen LogP contribution in [-0.4, -0.2) is 61.4 Å². The predicted molar refractivity (Wildman–Crippen MR) is 119 cm³/mol. The second-order valence-electron chi connectivity index (χ2n) is 7.67. The Morgan fingerprint density at radius 1 is 1.03 bits per heavy atom. The highest BCUT2D eigenvalue weighted by Gasteiger charge is 2.17. The summed E-state index contributed by atoms with van der Waals surface area (Å²) < 4.78 is 0. The van der Waals surface area contributed by atoms with Crippen LogP contribution < -0.4 is 15.5 Å². The molecule has 0 spiro atoms. The molecule has 0 bridgehead atoms. The third kappa shape index (κ3) is 6.02. The number of aryl methyl sites for hydroxylation is 1. The van der Waals surface area contributed by atoms with Gasteiger partial charge in [0.25, 0.3) is 5.69 Å². The number of likely N-dealkylation sites (N-methyl/N-ethyl adjacent to an activating group) is 1. The van der Waals surface area contributed by atoms with Crippen molar-refractivity contribution in [3.63, 3.8) is 0 Å². The molecule has 0 aliphatic carbocycles. The molecule has 3 rings (SSSR count). The molecule has 1 fully saturated rings. The molecule has 1 saturated heterocycles. The SMILES string of the molecule is Cc1ccc([N+](=O)[O-])cc1NC(=O)C(=O)NCCc1ccc(N2CCN(C)CC2)cc1. The Morgan fingerprint density at radius 3 is 2.35 bits per heavy atom. The molecular weight excluding hydrogens is 398 g/mol. The summed E-state index contributed by atoms with van der Waals surface area (Å²) in [5.74, 6) is -1.63. The molecule has 9 nitrogen and oxygen atoms in total. The molecule has 2 aromatic carbocycles. The first-order chi connectivity index (χ1) is 14.8. The molecule has 1 heterocycles. The smallest absolute Gasteiger partial charge is 0.313 e. The number of nitro groups is 1. The standard InChI is InChI=1S/C22H27N5O4/c1-16-3-6-19(27(30)31)15-20(16)24-22(29)21(28)23-10-9-17-4-7-18(8-5-17)26-13-11-25(2)12-14-26/h3-8,15H,9-14H2,1-2H3,(H,23,28)(H,24,29). The molecular formula is C22H27N5O4. The average molecular weight is 425 g/mol. The van der Waals surface area contributed by atoms with Gasteiger partial charge in [0.2, 0.25) is 0 Å². The van der Waals surface area contributed by atoms with E-state index >= 15 is 0 Å². The molecule has 1 aliphatic rings. The fourth-order valence-electron chi connectivity index (χ4n) is 3.38. The Balaban J connectivity index is 1.47. The number of carbonyl (C=O) groups is 2. The van der Waals surface area contributed by atoms with E-state index in [4.69, 9.17) is 0 Å². The van der Waals surface area contributed by atoms with Crippen LogP contribution in [-0.2, 0) is 16.0 Å². The predicted octanol–water partition coefficient (Wildman–Crippen LogP) is 1.95. The number of non-ortho nitro benzene ring substituents is 1. The Kier molecular flexibility index (Phi) is 7.19. The van der Waals surface area contributed by atoms with Crippen LogP contribution >= 0.6 is 0 Å². The van der Waals surface area contributed by atoms with Crippen LogP contribution in [0.15, 0.2) is 42.5 Å². The number of piperazine rings is 1. The number of carbonyl (C=O) groups excluding carboxylic acids is 2. The molecule has 0 aromatic heterocycles. The Morgan fingerprint density at radius 2 is 1.71 bits per heavy atom. The van der Waals surface area contributed by atoms with Gasteiger partial charge < -0.3 is 20.4 Å². The lowest BCUT2D eigenvalue weighted by Crippen LogP contribution is -2.44. The van der Waals surface area contributed by atoms with Gasteiger partial charge in [0.05, 0.1) is 10.6 Å². The summed E-state index contributed by atoms with van der Waals surface area (Å²) in [5.41, 5.74) is 2.98. The number of anilines is 2. The Bertz CT molecular complexity index is 953. The van der Waals surface area contributed by atoms with Gasteiger partial charge in [-0.3, -0.25) is 19.7 Å². The van der Waals surface area contributed by atoms with Crippen LogP contribution in [0.5, 0.6) is 0 Å². The van der Waals surface area contributed by atoms with Crippen molar-refractivity contribution in [3.8, 4) is 0 Å². The minimum absolute atomic E-state index is 0.152. The van der Waals surface area contributed by atoms with E-state index in [0.29, 0.717) is 18.5 Å². The molecule has 0 unspecified atom stereocenters. The van der Waals surface area contributed by atoms with Crippen molar-refractivity contribution in [2.75, 3.05) is 50.0 Å². The zero-order chi connectivity index (χ0) is 22.4. The van der Waals surface area contributed by atoms with Gasteiger partial charge in [-0.1, -0.05) is 18.2 Å². The van der Waals surface area contributed by atoms with E-state index in [-0.39, 0.29) is 11.4 Å². The molecule has 1 aliphatic heterocycles. The molecule has 2 aromatic rings. The summed E-state index contributed by atoms with van der Waals surface area (Å²) in [7, 11) is 2.12. The van der Waals surface area contributed by atoms with E-state index in [2.05, 4.69) is 39.6 Å². The highest BCUT2D eigenvalue weighted by atomic mass is 16.6. The van der Waals surface area contributed by atoms with Gasteiger partial charge in [0.15, 0.2) is 0 Å². The number of nitro benzene ring substituents is 1. The Hall–Kier alpha value is -3.46. The average Bonchev–Trinajstić information content (AvgIpc) is 2.76. The lowest BCUT2D eigenvalue weighted by molar-refractivity contribution is -0.384. The number of nitrogens with zero attached hydrogens (tertiary/aromatic N) is 3. The number of amides is 2. The molecule has 0 atom stereocenters. The van der Waals surface area contributed by atoms with Crippen molar-refractivity contribution >= 4 is 28.9 Å². The molecule has 2 N–H and O–H groups in total. The normalized spacial score (nSPS) is 14.2. The number of hydrogen-bond donors (Lipinski definition) is 2. The summed E-state index contributed by atoms with van der Waals surface area (Å²) in [6, 6.07) is 12.3. The van der Waals surface area contributed by atoms with E-state index < -0.39 is 16.7 Å². The fraction of sp³-hybridized carbons (Fsp3) is 0.364. The van der Waals surface area contributed by atoms with Crippen LogP contribution in [0.1, 0.15) is 11.1 Å². The first-order valence-corrected chi connectivity index (χ1v) is 10.2. The lowest BCUT2D eigenvalue weighted by Gasteiger charge is -2.34. The quantitative estimate of drug-likeness (QED) is 0.416. The second-order valence-corrected chi connectivity index (χ2v) is 7.67. The third-order valence-corrected chi connectivity index (χ3v) is 5.39. The van der Waals surface area contributed by atoms with Crippen molar-refractivity contribution in [1.29, 1.82) is 0 Å². The highest BCUT2D eigenvalue weighted by Crippen LogP contribution is 2.21. The topological polar surface area (TPSA) is 108 Å². The van der Waals surface area contributed by atoms with Crippen molar-refractivity contribution in [2.45, 2.75) is 13.3 Å². The summed E-state index contributed by atoms with van der Waals surface area (Å²) >= 11 is 0. The van der Waals surface area contributed by atoms with Gasteiger partial charge >= 0.3 is 11.8 Å². The first kappa shape index (κ1) is 22.2. The van der Waals surface area contributed by atoms with Crippen LogP contribution in [0, 0.1) is 17.0 Å². The van der Waals surface area contributed by atoms with E-state index in [1.165, 1.54) is 23.9 Å². The van der Waals surface area contributed by atoms with Crippen molar-refractivity contribution < 1.29 is 14.5 Å². The van der Waals surface area contributed by atoms with Crippen molar-refractivity contribution in [2.24, 2.45) is 0 Å². The first-order valence-electron chi connectivity index (χ1n) is 10.2. The zero-order valence-corrected chi connectivity index (χ0v) is 17.8. The number of nitrogens with one attached hydrogen (secondary N) is 2. The van der Waals surface area contributed by atoms with E-state index in [0.717, 1.165) is 31.7 Å². The van der Waals surface area contributed by atoms with Crippen LogP contribution in [0.2, 0.25) is 0 Å². The highest BCUT2D eigenvalue weighted by molar-refractivity contribution is 6.39. The molecule has 31 heavy (non-hydrogen) atoms. The van der Waals surface area contributed by atoms with E-state index in [9.17, 15) is 19.7 Å². The van der Waals surface area contributed by atoms with Gasteiger partial charge in [0, 0.05) is 50.5 Å². The number of rotatable bonds is 6. The minimum atomic E-state index is -0.853. The van der Waals surface area contributed by atoms with E-state index in [1.807, 2.05) is 12.1 Å². The summed E-state index contributed by atoms with van der Waals surface area (Å²) in [6.45, 7) is 6.12. The largest absolute Gasteiger partial charge is 0.369 e. The lowest BCUT2D eigenvalue weighted by atomic mass is 10.1. The summed E-state index contributed by atoms with van der Waals surface area (Å²) in [4.78, 5) is 39.2. The van der Waals surface area contributed by atoms with Gasteiger partial charge in [-0.15, -0.1) is 0 Å². The maximum atomic E-state index is 12.1. The molecule has 2 amide bonds. The van der Waals surface area contributed by atoms with Gasteiger partial charge in [-0.2, -0.15) is 0 Å². The fourth-order valence-corrected chi connectivity index (χ4v) is 3.38. The summed E-state index contributed by atoms with van der Waals surface area (Å²) in [6.07, 6.45) is 0.595. The molecule has 0 saturated carbocycles. The monoisotopic (exact) mass is 425 g/mol. The maximum Gasteiger partial charge on any atom is 0.313 e. The molecule has 0 radical (unpaired) electrons. The van der Waals surface area contributed by atoms with Crippen molar-refractivity contribution in [1.82, 2.24) is 10.2 Å². The van der Waals surface area contributed by atoms with Gasteiger partial charge in [0.1, 0.15) is 0 Å². The second kappa shape index (κ2) is 10.0. The summed E-state index contributed by atoms with van der Waals surface area (Å²) in [5, 5.41) is 15.9. The molecule has 164 valence electrons. The van der Waals surface area contributed by atoms with Gasteiger partial charge in [-0.05, 0) is 43.7 Å². The molecule has 9 heteroatoms.